The van der Waals surface area contributed by atoms with E-state index in [1.807, 2.05) is 19.9 Å². The molecule has 0 radical (unpaired) electrons. The molecule has 0 bridgehead atoms. The number of nitrogens with two attached hydrogens (primary N) is 1. The number of hydrogen-bond acceptors (Lipinski definition) is 4. The summed E-state index contributed by atoms with van der Waals surface area (Å²) in [5, 5.41) is 2.98. The Balaban J connectivity index is 1.81. The molecule has 4 N–H and O–H groups in total. The molecule has 110 valence electrons. The van der Waals surface area contributed by atoms with Gasteiger partial charge in [-0.2, -0.15) is 0 Å². The summed E-state index contributed by atoms with van der Waals surface area (Å²) in [6, 6.07) is 1.92. The van der Waals surface area contributed by atoms with Crippen LogP contribution in [0.5, 0.6) is 0 Å². The first kappa shape index (κ1) is 14.7. The van der Waals surface area contributed by atoms with Crippen LogP contribution in [0, 0.1) is 13.8 Å². The van der Waals surface area contributed by atoms with Crippen molar-refractivity contribution < 1.29 is 9.73 Å². The van der Waals surface area contributed by atoms with Gasteiger partial charge < -0.3 is 4.74 Å². The molecule has 7 nitrogen and oxygen atoms in total. The molecule has 1 aromatic heterocycles. The Morgan fingerprint density at radius 2 is 2.00 bits per heavy atom. The van der Waals surface area contributed by atoms with Crippen LogP contribution in [0.25, 0.3) is 0 Å². The highest BCUT2D eigenvalue weighted by molar-refractivity contribution is 5.85. The Kier molecular flexibility index (Phi) is 5.25. The number of guanidine groups is 1. The molecule has 0 atom stereocenters. The first-order chi connectivity index (χ1) is 9.63. The van der Waals surface area contributed by atoms with Crippen LogP contribution in [0.15, 0.2) is 6.07 Å². The molecular weight excluding hydrogens is 256 g/mol. The van der Waals surface area contributed by atoms with Gasteiger partial charge in [0.25, 0.3) is 5.95 Å². The van der Waals surface area contributed by atoms with E-state index in [4.69, 9.17) is 10.5 Å². The Bertz CT molecular complexity index is 450. The maximum absolute atomic E-state index is 5.89. The number of hydrogen-bond donors (Lipinski definition) is 3. The summed E-state index contributed by atoms with van der Waals surface area (Å²) in [5.41, 5.74) is 7.73. The fourth-order valence-electron chi connectivity index (χ4n) is 2.12. The molecule has 20 heavy (non-hydrogen) atoms. The van der Waals surface area contributed by atoms with Crippen molar-refractivity contribution in [2.75, 3.05) is 44.7 Å². The van der Waals surface area contributed by atoms with Gasteiger partial charge in [-0.15, -0.1) is 0 Å². The standard InChI is InChI=1S/C13H22N6O/c1-10-9-11(2)17-13(16-10)18-12(14)15-3-4-19-5-7-20-8-6-19/h9H,3-8H2,1-2H3,(H3,14,15,16,17,18)/p+1. The molecule has 0 unspecified atom stereocenters. The third-order valence-electron chi connectivity index (χ3n) is 3.08. The predicted octanol–water partition coefficient (Wildman–Crippen LogP) is -1.77. The second-order valence-electron chi connectivity index (χ2n) is 4.89. The van der Waals surface area contributed by atoms with Crippen LogP contribution in [-0.2, 0) is 4.74 Å². The molecule has 1 fully saturated rings. The summed E-state index contributed by atoms with van der Waals surface area (Å²) in [6.45, 7) is 9.18. The number of aryl methyl sites for hydroxylation is 2. The highest BCUT2D eigenvalue weighted by Crippen LogP contribution is 2.02. The highest BCUT2D eigenvalue weighted by Gasteiger charge is 2.10. The summed E-state index contributed by atoms with van der Waals surface area (Å²) in [4.78, 5) is 14.0. The van der Waals surface area contributed by atoms with Crippen molar-refractivity contribution in [3.8, 4) is 0 Å². The molecule has 2 heterocycles. The van der Waals surface area contributed by atoms with Crippen molar-refractivity contribution in [3.63, 3.8) is 0 Å². The van der Waals surface area contributed by atoms with Crippen molar-refractivity contribution in [2.24, 2.45) is 5.73 Å². The van der Waals surface area contributed by atoms with E-state index in [-0.39, 0.29) is 0 Å². The predicted molar refractivity (Wildman–Crippen MR) is 77.4 cm³/mol. The average Bonchev–Trinajstić information content (AvgIpc) is 2.38. The van der Waals surface area contributed by atoms with Crippen LogP contribution in [0.2, 0.25) is 0 Å². The zero-order chi connectivity index (χ0) is 14.4. The number of rotatable bonds is 4. The number of morpholine rings is 1. The van der Waals surface area contributed by atoms with Crippen LogP contribution < -0.4 is 16.0 Å². The van der Waals surface area contributed by atoms with Crippen LogP contribution in [0.1, 0.15) is 11.4 Å². The second-order valence-corrected chi connectivity index (χ2v) is 4.89. The van der Waals surface area contributed by atoms with Crippen LogP contribution in [0.4, 0.5) is 5.95 Å². The van der Waals surface area contributed by atoms with Gasteiger partial charge in [-0.05, 0) is 19.9 Å². The molecule has 1 aliphatic rings. The van der Waals surface area contributed by atoms with Gasteiger partial charge in [0, 0.05) is 31.0 Å². The minimum absolute atomic E-state index is 0.475. The van der Waals surface area contributed by atoms with Crippen LogP contribution >= 0.6 is 0 Å². The molecule has 7 heteroatoms. The third kappa shape index (κ3) is 4.75. The van der Waals surface area contributed by atoms with E-state index in [2.05, 4.69) is 25.2 Å². The van der Waals surface area contributed by atoms with E-state index in [0.29, 0.717) is 11.9 Å². The molecule has 0 amide bonds. The topological polar surface area (TPSA) is 90.3 Å². The van der Waals surface area contributed by atoms with Gasteiger partial charge in [-0.3, -0.25) is 15.6 Å². The van der Waals surface area contributed by atoms with Gasteiger partial charge in [0.1, 0.15) is 0 Å². The van der Waals surface area contributed by atoms with Crippen LogP contribution in [-0.4, -0.2) is 60.2 Å². The van der Waals surface area contributed by atoms with E-state index in [1.165, 1.54) is 0 Å². The molecule has 0 spiro atoms. The smallest absolute Gasteiger partial charge is 0.348 e. The molecular formula is C13H23N6O+. The van der Waals surface area contributed by atoms with Crippen molar-refractivity contribution >= 4 is 11.9 Å². The molecule has 0 aliphatic carbocycles. The summed E-state index contributed by atoms with van der Waals surface area (Å²) in [5.74, 6) is 1.00. The lowest BCUT2D eigenvalue weighted by molar-refractivity contribution is -0.458. The van der Waals surface area contributed by atoms with Crippen molar-refractivity contribution in [2.45, 2.75) is 13.8 Å². The molecule has 1 aliphatic heterocycles. The van der Waals surface area contributed by atoms with Gasteiger partial charge in [0.2, 0.25) is 0 Å². The number of nitrogens with zero attached hydrogens (tertiary/aromatic N) is 3. The molecule has 2 rings (SSSR count). The normalized spacial score (nSPS) is 17.2. The Hall–Kier alpha value is -1.73. The Morgan fingerprint density at radius 1 is 1.35 bits per heavy atom. The van der Waals surface area contributed by atoms with E-state index < -0.39 is 0 Å². The number of aromatic nitrogens is 2. The maximum atomic E-state index is 5.89. The minimum atomic E-state index is 0.475. The first-order valence-electron chi connectivity index (χ1n) is 6.89. The van der Waals surface area contributed by atoms with E-state index in [9.17, 15) is 0 Å². The quantitative estimate of drug-likeness (QED) is 0.446. The van der Waals surface area contributed by atoms with E-state index >= 15 is 0 Å². The molecule has 0 saturated carbocycles. The van der Waals surface area contributed by atoms with Crippen molar-refractivity contribution in [1.29, 1.82) is 0 Å². The first-order valence-corrected chi connectivity index (χ1v) is 6.89. The lowest BCUT2D eigenvalue weighted by atomic mass is 10.4. The fourth-order valence-corrected chi connectivity index (χ4v) is 2.12. The zero-order valence-electron chi connectivity index (χ0n) is 12.1. The second kappa shape index (κ2) is 7.16. The summed E-state index contributed by atoms with van der Waals surface area (Å²) in [6.07, 6.45) is 0. The fraction of sp³-hybridized carbons (Fsp3) is 0.615. The minimum Gasteiger partial charge on any atom is -0.379 e. The van der Waals surface area contributed by atoms with Gasteiger partial charge >= 0.3 is 5.96 Å². The van der Waals surface area contributed by atoms with Gasteiger partial charge in [-0.25, -0.2) is 15.3 Å². The monoisotopic (exact) mass is 279 g/mol. The van der Waals surface area contributed by atoms with Crippen molar-refractivity contribution in [1.82, 2.24) is 14.9 Å². The number of ether oxygens (including phenoxy) is 1. The number of nitrogens with one attached hydrogen (secondary N) is 2. The molecule has 1 aromatic rings. The van der Waals surface area contributed by atoms with E-state index in [1.54, 1.807) is 0 Å². The average molecular weight is 279 g/mol. The Labute approximate surface area is 119 Å². The largest absolute Gasteiger partial charge is 0.379 e. The Morgan fingerprint density at radius 3 is 2.65 bits per heavy atom. The third-order valence-corrected chi connectivity index (χ3v) is 3.08. The SMILES string of the molecule is Cc1cc(C)nc(NC(N)=[NH+]CCN2CCOCC2)n1. The maximum Gasteiger partial charge on any atom is 0.348 e. The van der Waals surface area contributed by atoms with Gasteiger partial charge in [-0.1, -0.05) is 0 Å². The lowest BCUT2D eigenvalue weighted by Gasteiger charge is -2.25. The highest BCUT2D eigenvalue weighted by atomic mass is 16.5. The summed E-state index contributed by atoms with van der Waals surface area (Å²) in [7, 11) is 0. The van der Waals surface area contributed by atoms with Gasteiger partial charge in [0.05, 0.1) is 19.8 Å². The van der Waals surface area contributed by atoms with Gasteiger partial charge in [0.15, 0.2) is 0 Å². The number of anilines is 1. The molecule has 0 aromatic carbocycles. The van der Waals surface area contributed by atoms with Crippen LogP contribution in [0.3, 0.4) is 0 Å². The molecule has 1 saturated heterocycles. The lowest BCUT2D eigenvalue weighted by Crippen LogP contribution is -2.79. The summed E-state index contributed by atoms with van der Waals surface area (Å²) < 4.78 is 5.31. The zero-order valence-corrected chi connectivity index (χ0v) is 12.1. The summed E-state index contributed by atoms with van der Waals surface area (Å²) >= 11 is 0. The van der Waals surface area contributed by atoms with Crippen molar-refractivity contribution in [3.05, 3.63) is 17.5 Å². The van der Waals surface area contributed by atoms with E-state index in [0.717, 1.165) is 50.8 Å².